The molecule has 2 fully saturated rings. The molecule has 2 amide bonds. The summed E-state index contributed by atoms with van der Waals surface area (Å²) in [6, 6.07) is 18.8. The van der Waals surface area contributed by atoms with Gasteiger partial charge in [0.25, 0.3) is 0 Å². The molecule has 0 spiro atoms. The molecule has 1 atom stereocenters. The first-order valence-electron chi connectivity index (χ1n) is 10.8. The molecule has 1 saturated heterocycles. The summed E-state index contributed by atoms with van der Waals surface area (Å²) >= 11 is 0. The van der Waals surface area contributed by atoms with Crippen LogP contribution in [0.25, 0.3) is 0 Å². The van der Waals surface area contributed by atoms with Crippen molar-refractivity contribution in [3.8, 4) is 0 Å². The fraction of sp³-hybridized carbons (Fsp3) is 0.400. The number of benzene rings is 2. The average Bonchev–Trinajstić information content (AvgIpc) is 3.41. The fourth-order valence-corrected chi connectivity index (χ4v) is 4.56. The monoisotopic (exact) mass is 421 g/mol. The van der Waals surface area contributed by atoms with E-state index in [1.807, 2.05) is 60.7 Å². The molecule has 6 heteroatoms. The number of esters is 1. The van der Waals surface area contributed by atoms with Crippen LogP contribution in [0.15, 0.2) is 60.7 Å². The molecule has 1 aliphatic carbocycles. The van der Waals surface area contributed by atoms with Crippen LogP contribution in [0.4, 0.5) is 4.79 Å². The highest BCUT2D eigenvalue weighted by molar-refractivity contribution is 5.96. The molecule has 0 unspecified atom stereocenters. The summed E-state index contributed by atoms with van der Waals surface area (Å²) in [7, 11) is 0. The van der Waals surface area contributed by atoms with Crippen molar-refractivity contribution in [1.82, 2.24) is 4.90 Å². The van der Waals surface area contributed by atoms with Crippen molar-refractivity contribution in [3.05, 3.63) is 71.8 Å². The zero-order valence-corrected chi connectivity index (χ0v) is 17.5. The van der Waals surface area contributed by atoms with Gasteiger partial charge in [0.2, 0.25) is 5.91 Å². The summed E-state index contributed by atoms with van der Waals surface area (Å²) in [5, 5.41) is 0. The third-order valence-electron chi connectivity index (χ3n) is 6.24. The van der Waals surface area contributed by atoms with Crippen LogP contribution in [-0.2, 0) is 32.1 Å². The second-order valence-electron chi connectivity index (χ2n) is 8.41. The summed E-state index contributed by atoms with van der Waals surface area (Å²) in [6.07, 6.45) is 2.80. The molecule has 0 bridgehead atoms. The third kappa shape index (κ3) is 4.79. The van der Waals surface area contributed by atoms with Crippen molar-refractivity contribution >= 4 is 18.0 Å². The molecular weight excluding hydrogens is 394 g/mol. The van der Waals surface area contributed by atoms with E-state index in [0.717, 1.165) is 24.0 Å². The Morgan fingerprint density at radius 2 is 1.58 bits per heavy atom. The minimum Gasteiger partial charge on any atom is -0.460 e. The van der Waals surface area contributed by atoms with Gasteiger partial charge >= 0.3 is 12.1 Å². The number of hydrogen-bond donors (Lipinski definition) is 0. The third-order valence-corrected chi connectivity index (χ3v) is 6.24. The van der Waals surface area contributed by atoms with Gasteiger partial charge in [-0.05, 0) is 30.4 Å². The minimum atomic E-state index is -0.869. The number of amides is 2. The Morgan fingerprint density at radius 1 is 0.968 bits per heavy atom. The first-order valence-corrected chi connectivity index (χ1v) is 10.8. The maximum Gasteiger partial charge on any atom is 0.416 e. The Balaban J connectivity index is 1.44. The number of ether oxygens (including phenoxy) is 2. The zero-order valence-electron chi connectivity index (χ0n) is 17.5. The lowest BCUT2D eigenvalue weighted by molar-refractivity contribution is -0.160. The van der Waals surface area contributed by atoms with Gasteiger partial charge in [0.1, 0.15) is 13.2 Å². The maximum atomic E-state index is 13.2. The lowest BCUT2D eigenvalue weighted by Crippen LogP contribution is -2.44. The second-order valence-corrected chi connectivity index (χ2v) is 8.41. The highest BCUT2D eigenvalue weighted by Crippen LogP contribution is 2.43. The van der Waals surface area contributed by atoms with Gasteiger partial charge in [0.15, 0.2) is 0 Å². The Kier molecular flexibility index (Phi) is 6.35. The van der Waals surface area contributed by atoms with Crippen molar-refractivity contribution in [1.29, 1.82) is 0 Å². The van der Waals surface area contributed by atoms with Gasteiger partial charge < -0.3 is 9.47 Å². The Bertz CT molecular complexity index is 921. The van der Waals surface area contributed by atoms with Gasteiger partial charge in [0.05, 0.1) is 11.5 Å². The molecule has 162 valence electrons. The summed E-state index contributed by atoms with van der Waals surface area (Å²) in [4.78, 5) is 39.8. The lowest BCUT2D eigenvalue weighted by Gasteiger charge is -2.28. The normalized spacial score (nSPS) is 19.8. The van der Waals surface area contributed by atoms with E-state index in [-0.39, 0.29) is 37.6 Å². The molecular formula is C25H27NO5. The molecule has 0 aromatic heterocycles. The second kappa shape index (κ2) is 9.33. The number of cyclic esters (lactones) is 1. The van der Waals surface area contributed by atoms with Crippen LogP contribution in [0.3, 0.4) is 0 Å². The standard InChI is InChI=1S/C25H27NO5/c27-22(26-21(18-31-24(26)29)15-19-9-3-1-4-10-19)16-25(13-7-8-14-25)23(28)30-17-20-11-5-2-6-12-20/h1-6,9-12,21H,7-8,13-18H2/t21-/m1/s1. The first kappa shape index (κ1) is 21.1. The topological polar surface area (TPSA) is 72.9 Å². The smallest absolute Gasteiger partial charge is 0.416 e. The van der Waals surface area contributed by atoms with Crippen molar-refractivity contribution in [2.45, 2.75) is 51.2 Å². The van der Waals surface area contributed by atoms with Gasteiger partial charge in [-0.15, -0.1) is 0 Å². The molecule has 2 aliphatic rings. The van der Waals surface area contributed by atoms with Crippen molar-refractivity contribution in [2.24, 2.45) is 5.41 Å². The largest absolute Gasteiger partial charge is 0.460 e. The van der Waals surface area contributed by atoms with E-state index >= 15 is 0 Å². The molecule has 6 nitrogen and oxygen atoms in total. The SMILES string of the molecule is O=C(CC1(C(=O)OCc2ccccc2)CCCC1)N1C(=O)OC[C@H]1Cc1ccccc1. The van der Waals surface area contributed by atoms with Crippen LogP contribution >= 0.6 is 0 Å². The molecule has 1 heterocycles. The number of carbonyl (C=O) groups excluding carboxylic acids is 3. The maximum absolute atomic E-state index is 13.2. The van der Waals surface area contributed by atoms with Crippen LogP contribution < -0.4 is 0 Å². The van der Waals surface area contributed by atoms with Crippen LogP contribution in [-0.4, -0.2) is 35.5 Å². The fourth-order valence-electron chi connectivity index (χ4n) is 4.56. The highest BCUT2D eigenvalue weighted by Gasteiger charge is 2.48. The van der Waals surface area contributed by atoms with E-state index in [1.165, 1.54) is 4.90 Å². The van der Waals surface area contributed by atoms with E-state index in [4.69, 9.17) is 9.47 Å². The summed E-state index contributed by atoms with van der Waals surface area (Å²) < 4.78 is 10.8. The van der Waals surface area contributed by atoms with Crippen molar-refractivity contribution < 1.29 is 23.9 Å². The van der Waals surface area contributed by atoms with Gasteiger partial charge in [-0.3, -0.25) is 9.59 Å². The Morgan fingerprint density at radius 3 is 2.23 bits per heavy atom. The van der Waals surface area contributed by atoms with Crippen molar-refractivity contribution in [2.75, 3.05) is 6.61 Å². The molecule has 0 N–H and O–H groups in total. The predicted octanol–water partition coefficient (Wildman–Crippen LogP) is 4.27. The summed E-state index contributed by atoms with van der Waals surface area (Å²) in [5.74, 6) is -0.712. The molecule has 2 aromatic carbocycles. The minimum absolute atomic E-state index is 0.0268. The highest BCUT2D eigenvalue weighted by atomic mass is 16.6. The summed E-state index contributed by atoms with van der Waals surface area (Å²) in [5.41, 5.74) is 1.06. The molecule has 4 rings (SSSR count). The van der Waals surface area contributed by atoms with Gasteiger partial charge in [-0.1, -0.05) is 73.5 Å². The molecule has 31 heavy (non-hydrogen) atoms. The van der Waals surface area contributed by atoms with E-state index in [0.29, 0.717) is 19.3 Å². The summed E-state index contributed by atoms with van der Waals surface area (Å²) in [6.45, 7) is 0.350. The van der Waals surface area contributed by atoms with Crippen LogP contribution in [0, 0.1) is 5.41 Å². The molecule has 2 aromatic rings. The van der Waals surface area contributed by atoms with Crippen LogP contribution in [0.5, 0.6) is 0 Å². The van der Waals surface area contributed by atoms with Crippen LogP contribution in [0.1, 0.15) is 43.2 Å². The number of rotatable bonds is 7. The Hall–Kier alpha value is -3.15. The average molecular weight is 421 g/mol. The predicted molar refractivity (Wildman–Crippen MR) is 114 cm³/mol. The molecule has 1 saturated carbocycles. The van der Waals surface area contributed by atoms with E-state index < -0.39 is 11.5 Å². The quantitative estimate of drug-likeness (QED) is 0.624. The number of carbonyl (C=O) groups is 3. The lowest BCUT2D eigenvalue weighted by atomic mass is 9.82. The molecule has 0 radical (unpaired) electrons. The number of hydrogen-bond acceptors (Lipinski definition) is 5. The first-order chi connectivity index (χ1) is 15.1. The number of imide groups is 1. The van der Waals surface area contributed by atoms with Crippen LogP contribution in [0.2, 0.25) is 0 Å². The van der Waals surface area contributed by atoms with Gasteiger partial charge in [-0.25, -0.2) is 9.69 Å². The zero-order chi connectivity index (χ0) is 21.7. The van der Waals surface area contributed by atoms with E-state index in [2.05, 4.69) is 0 Å². The van der Waals surface area contributed by atoms with E-state index in [1.54, 1.807) is 0 Å². The van der Waals surface area contributed by atoms with Crippen molar-refractivity contribution in [3.63, 3.8) is 0 Å². The molecule has 1 aliphatic heterocycles. The Labute approximate surface area is 182 Å². The van der Waals surface area contributed by atoms with E-state index in [9.17, 15) is 14.4 Å². The number of nitrogens with zero attached hydrogens (tertiary/aromatic N) is 1. The van der Waals surface area contributed by atoms with Gasteiger partial charge in [0, 0.05) is 6.42 Å². The van der Waals surface area contributed by atoms with Gasteiger partial charge in [-0.2, -0.15) is 0 Å².